The molecular weight excluding hydrogens is 234 g/mol. The van der Waals surface area contributed by atoms with Crippen molar-refractivity contribution in [3.8, 4) is 0 Å². The smallest absolute Gasteiger partial charge is 0.220 e. The molecule has 0 aliphatic rings. The van der Waals surface area contributed by atoms with Gasteiger partial charge in [0.1, 0.15) is 5.52 Å². The first-order valence-corrected chi connectivity index (χ1v) is 6.33. The van der Waals surface area contributed by atoms with Crippen molar-refractivity contribution >= 4 is 23.3 Å². The van der Waals surface area contributed by atoms with E-state index in [1.165, 1.54) is 16.7 Å². The van der Waals surface area contributed by atoms with Crippen molar-refractivity contribution in [2.45, 2.75) is 13.8 Å². The topological polar surface area (TPSA) is 26.0 Å². The summed E-state index contributed by atoms with van der Waals surface area (Å²) in [5, 5.41) is 0. The summed E-state index contributed by atoms with van der Waals surface area (Å²) in [6.45, 7) is 4.21. The summed E-state index contributed by atoms with van der Waals surface area (Å²) in [6, 6.07) is 14.2. The number of hydrogen-bond donors (Lipinski definition) is 0. The highest BCUT2D eigenvalue weighted by Crippen LogP contribution is 2.18. The number of aromatic nitrogens is 1. The largest absolute Gasteiger partial charge is 0.437 e. The molecule has 0 radical (unpaired) electrons. The van der Waals surface area contributed by atoms with Crippen molar-refractivity contribution in [2.24, 2.45) is 0 Å². The lowest BCUT2D eigenvalue weighted by atomic mass is 10.1. The zero-order valence-electron chi connectivity index (χ0n) is 11.1. The Hall–Kier alpha value is -2.35. The number of nitrogens with zero attached hydrogens (tertiary/aromatic N) is 1. The number of hydrogen-bond acceptors (Lipinski definition) is 2. The van der Waals surface area contributed by atoms with Gasteiger partial charge in [-0.15, -0.1) is 0 Å². The average Bonchev–Trinajstić information content (AvgIpc) is 2.80. The van der Waals surface area contributed by atoms with Crippen LogP contribution in [0.2, 0.25) is 0 Å². The van der Waals surface area contributed by atoms with E-state index in [-0.39, 0.29) is 0 Å². The lowest BCUT2D eigenvalue weighted by Gasteiger charge is -2.00. The fourth-order valence-electron chi connectivity index (χ4n) is 2.14. The number of oxazole rings is 1. The fourth-order valence-corrected chi connectivity index (χ4v) is 2.14. The Bertz CT molecular complexity index is 720. The molecule has 0 spiro atoms. The maximum Gasteiger partial charge on any atom is 0.220 e. The molecule has 2 aromatic carbocycles. The maximum atomic E-state index is 5.66. The summed E-state index contributed by atoms with van der Waals surface area (Å²) >= 11 is 0. The van der Waals surface area contributed by atoms with Crippen LogP contribution in [-0.4, -0.2) is 4.98 Å². The van der Waals surface area contributed by atoms with Crippen LogP contribution in [0.25, 0.3) is 23.3 Å². The Morgan fingerprint density at radius 3 is 2.63 bits per heavy atom. The monoisotopic (exact) mass is 249 g/mol. The Balaban J connectivity index is 1.93. The lowest BCUT2D eigenvalue weighted by molar-refractivity contribution is 0.590. The molecule has 0 amide bonds. The molecule has 3 rings (SSSR count). The van der Waals surface area contributed by atoms with Crippen LogP contribution >= 0.6 is 0 Å². The Morgan fingerprint density at radius 2 is 1.84 bits per heavy atom. The molecule has 0 aliphatic carbocycles. The summed E-state index contributed by atoms with van der Waals surface area (Å²) < 4.78 is 5.66. The average molecular weight is 249 g/mol. The second-order valence-corrected chi connectivity index (χ2v) is 4.71. The Kier molecular flexibility index (Phi) is 2.92. The minimum Gasteiger partial charge on any atom is -0.437 e. The van der Waals surface area contributed by atoms with E-state index >= 15 is 0 Å². The highest BCUT2D eigenvalue weighted by molar-refractivity contribution is 5.76. The van der Waals surface area contributed by atoms with Crippen LogP contribution in [0, 0.1) is 13.8 Å². The van der Waals surface area contributed by atoms with Gasteiger partial charge in [0.15, 0.2) is 5.58 Å². The molecule has 1 heterocycles. The van der Waals surface area contributed by atoms with Crippen molar-refractivity contribution < 1.29 is 4.42 Å². The van der Waals surface area contributed by atoms with Crippen LogP contribution < -0.4 is 0 Å². The van der Waals surface area contributed by atoms with Crippen LogP contribution in [-0.2, 0) is 0 Å². The zero-order valence-corrected chi connectivity index (χ0v) is 11.1. The van der Waals surface area contributed by atoms with Gasteiger partial charge in [0, 0.05) is 6.08 Å². The number of benzene rings is 2. The summed E-state index contributed by atoms with van der Waals surface area (Å²) in [5.41, 5.74) is 5.43. The summed E-state index contributed by atoms with van der Waals surface area (Å²) in [4.78, 5) is 4.42. The second-order valence-electron chi connectivity index (χ2n) is 4.71. The molecule has 0 unspecified atom stereocenters. The van der Waals surface area contributed by atoms with Crippen LogP contribution in [0.1, 0.15) is 22.6 Å². The molecule has 2 heteroatoms. The van der Waals surface area contributed by atoms with Crippen molar-refractivity contribution in [2.75, 3.05) is 0 Å². The van der Waals surface area contributed by atoms with Gasteiger partial charge in [-0.2, -0.15) is 0 Å². The first-order chi connectivity index (χ1) is 9.22. The van der Waals surface area contributed by atoms with Crippen molar-refractivity contribution in [1.82, 2.24) is 4.98 Å². The first kappa shape index (κ1) is 11.7. The van der Waals surface area contributed by atoms with Crippen LogP contribution in [0.4, 0.5) is 0 Å². The minimum atomic E-state index is 0.640. The normalized spacial score (nSPS) is 11.5. The molecule has 0 bridgehead atoms. The van der Waals surface area contributed by atoms with Crippen molar-refractivity contribution in [1.29, 1.82) is 0 Å². The lowest BCUT2D eigenvalue weighted by Crippen LogP contribution is -1.81. The minimum absolute atomic E-state index is 0.640. The summed E-state index contributed by atoms with van der Waals surface area (Å²) in [7, 11) is 0. The zero-order chi connectivity index (χ0) is 13.2. The molecule has 0 saturated heterocycles. The molecule has 94 valence electrons. The predicted octanol–water partition coefficient (Wildman–Crippen LogP) is 4.62. The Labute approximate surface area is 112 Å². The van der Waals surface area contributed by atoms with E-state index in [9.17, 15) is 0 Å². The SMILES string of the molecule is Cc1ccc(/C=C/c2nc3ccccc3o2)c(C)c1. The number of fused-ring (bicyclic) bond motifs is 1. The van der Waals surface area contributed by atoms with Crippen LogP contribution in [0.15, 0.2) is 46.9 Å². The third-order valence-electron chi connectivity index (χ3n) is 3.14. The van der Waals surface area contributed by atoms with E-state index < -0.39 is 0 Å². The van der Waals surface area contributed by atoms with E-state index in [1.54, 1.807) is 0 Å². The molecule has 0 fully saturated rings. The molecule has 0 saturated carbocycles. The van der Waals surface area contributed by atoms with Crippen LogP contribution in [0.3, 0.4) is 0 Å². The van der Waals surface area contributed by atoms with Crippen LogP contribution in [0.5, 0.6) is 0 Å². The van der Waals surface area contributed by atoms with Gasteiger partial charge in [-0.1, -0.05) is 35.9 Å². The fraction of sp³-hybridized carbons (Fsp3) is 0.118. The summed E-state index contributed by atoms with van der Waals surface area (Å²) in [6.07, 6.45) is 3.96. The predicted molar refractivity (Wildman–Crippen MR) is 78.9 cm³/mol. The van der Waals surface area contributed by atoms with Crippen molar-refractivity contribution in [3.63, 3.8) is 0 Å². The van der Waals surface area contributed by atoms with Gasteiger partial charge >= 0.3 is 0 Å². The van der Waals surface area contributed by atoms with Gasteiger partial charge in [0.25, 0.3) is 0 Å². The molecule has 2 nitrogen and oxygen atoms in total. The number of aryl methyl sites for hydroxylation is 2. The highest BCUT2D eigenvalue weighted by atomic mass is 16.3. The van der Waals surface area contributed by atoms with Gasteiger partial charge in [-0.25, -0.2) is 4.98 Å². The van der Waals surface area contributed by atoms with Gasteiger partial charge in [-0.3, -0.25) is 0 Å². The molecule has 0 atom stereocenters. The standard InChI is InChI=1S/C17H15NO/c1-12-7-8-14(13(2)11-12)9-10-17-18-15-5-3-4-6-16(15)19-17/h3-11H,1-2H3/b10-9+. The van der Waals surface area contributed by atoms with E-state index in [1.807, 2.05) is 36.4 Å². The van der Waals surface area contributed by atoms with Gasteiger partial charge < -0.3 is 4.42 Å². The van der Waals surface area contributed by atoms with E-state index in [2.05, 4.69) is 37.0 Å². The quantitative estimate of drug-likeness (QED) is 0.662. The molecule has 1 aromatic heterocycles. The van der Waals surface area contributed by atoms with E-state index in [0.717, 1.165) is 11.1 Å². The van der Waals surface area contributed by atoms with E-state index in [0.29, 0.717) is 5.89 Å². The van der Waals surface area contributed by atoms with Gasteiger partial charge in [-0.05, 0) is 43.2 Å². The molecular formula is C17H15NO. The highest BCUT2D eigenvalue weighted by Gasteiger charge is 2.01. The Morgan fingerprint density at radius 1 is 1.00 bits per heavy atom. The molecule has 0 N–H and O–H groups in total. The molecule has 19 heavy (non-hydrogen) atoms. The van der Waals surface area contributed by atoms with Gasteiger partial charge in [0.2, 0.25) is 5.89 Å². The summed E-state index contributed by atoms with van der Waals surface area (Å²) in [5.74, 6) is 0.640. The van der Waals surface area contributed by atoms with Gasteiger partial charge in [0.05, 0.1) is 0 Å². The number of para-hydroxylation sites is 2. The maximum absolute atomic E-state index is 5.66. The second kappa shape index (κ2) is 4.73. The third kappa shape index (κ3) is 2.43. The molecule has 3 aromatic rings. The number of rotatable bonds is 2. The van der Waals surface area contributed by atoms with E-state index in [4.69, 9.17) is 4.42 Å². The first-order valence-electron chi connectivity index (χ1n) is 6.33. The molecule has 0 aliphatic heterocycles. The van der Waals surface area contributed by atoms with Crippen molar-refractivity contribution in [3.05, 3.63) is 65.0 Å². The third-order valence-corrected chi connectivity index (χ3v) is 3.14.